The third kappa shape index (κ3) is 2.91. The molecule has 0 saturated heterocycles. The number of fused-ring (bicyclic) bond motifs is 2. The van der Waals surface area contributed by atoms with Crippen LogP contribution in [0.15, 0.2) is 53.7 Å². The van der Waals surface area contributed by atoms with Crippen LogP contribution in [0.1, 0.15) is 11.4 Å². The number of aryl methyl sites for hydroxylation is 2. The number of hydrogen-bond donors (Lipinski definition) is 1. The molecule has 0 atom stereocenters. The number of rotatable bonds is 3. The fourth-order valence-corrected chi connectivity index (χ4v) is 3.82. The number of benzene rings is 1. The Balaban J connectivity index is 1.69. The normalized spacial score (nSPS) is 11.6. The van der Waals surface area contributed by atoms with Crippen molar-refractivity contribution in [2.24, 2.45) is 7.05 Å². The van der Waals surface area contributed by atoms with Gasteiger partial charge in [-0.3, -0.25) is 4.79 Å². The highest BCUT2D eigenvalue weighted by Crippen LogP contribution is 2.26. The Bertz CT molecular complexity index is 1450. The molecule has 0 fully saturated rings. The van der Waals surface area contributed by atoms with Crippen molar-refractivity contribution in [2.45, 2.75) is 13.5 Å². The summed E-state index contributed by atoms with van der Waals surface area (Å²) < 4.78 is 3.57. The first kappa shape index (κ1) is 17.6. The third-order valence-electron chi connectivity index (χ3n) is 5.05. The van der Waals surface area contributed by atoms with E-state index in [-0.39, 0.29) is 5.56 Å². The van der Waals surface area contributed by atoms with Crippen LogP contribution in [0, 0.1) is 6.92 Å². The molecular formula is C21H17ClN6O. The Morgan fingerprint density at radius 3 is 2.90 bits per heavy atom. The number of nitrogens with one attached hydrogen (secondary N) is 1. The average molecular weight is 405 g/mol. The molecule has 8 heteroatoms. The molecule has 29 heavy (non-hydrogen) atoms. The van der Waals surface area contributed by atoms with E-state index in [9.17, 15) is 4.79 Å². The Morgan fingerprint density at radius 2 is 2.07 bits per heavy atom. The van der Waals surface area contributed by atoms with Crippen molar-refractivity contribution in [3.05, 3.63) is 75.7 Å². The summed E-state index contributed by atoms with van der Waals surface area (Å²) in [6.07, 6.45) is 5.25. The molecule has 0 aliphatic rings. The molecular weight excluding hydrogens is 388 g/mol. The van der Waals surface area contributed by atoms with Crippen LogP contribution < -0.4 is 5.56 Å². The predicted octanol–water partition coefficient (Wildman–Crippen LogP) is 3.68. The lowest BCUT2D eigenvalue weighted by molar-refractivity contribution is 0.777. The van der Waals surface area contributed by atoms with Crippen molar-refractivity contribution in [3.63, 3.8) is 0 Å². The van der Waals surface area contributed by atoms with E-state index in [1.807, 2.05) is 41.8 Å². The summed E-state index contributed by atoms with van der Waals surface area (Å²) in [5.41, 5.74) is 4.33. The number of imidazole rings is 1. The van der Waals surface area contributed by atoms with Gasteiger partial charge >= 0.3 is 0 Å². The maximum Gasteiger partial charge on any atom is 0.274 e. The van der Waals surface area contributed by atoms with Gasteiger partial charge in [0.1, 0.15) is 11.3 Å². The Kier molecular flexibility index (Phi) is 3.99. The van der Waals surface area contributed by atoms with Crippen LogP contribution in [0.5, 0.6) is 0 Å². The fraction of sp³-hybridized carbons (Fsp3) is 0.143. The van der Waals surface area contributed by atoms with Gasteiger partial charge in [-0.1, -0.05) is 23.7 Å². The van der Waals surface area contributed by atoms with E-state index in [2.05, 4.69) is 15.0 Å². The van der Waals surface area contributed by atoms with E-state index in [0.717, 1.165) is 22.3 Å². The number of aromatic nitrogens is 6. The summed E-state index contributed by atoms with van der Waals surface area (Å²) in [6.45, 7) is 2.53. The highest BCUT2D eigenvalue weighted by molar-refractivity contribution is 6.30. The van der Waals surface area contributed by atoms with Crippen LogP contribution in [0.25, 0.3) is 33.5 Å². The van der Waals surface area contributed by atoms with Gasteiger partial charge in [0.05, 0.1) is 18.4 Å². The molecule has 0 saturated carbocycles. The summed E-state index contributed by atoms with van der Waals surface area (Å²) in [7, 11) is 1.73. The second-order valence-electron chi connectivity index (χ2n) is 7.00. The van der Waals surface area contributed by atoms with Gasteiger partial charge in [-0.25, -0.2) is 15.0 Å². The Labute approximate surface area is 170 Å². The van der Waals surface area contributed by atoms with Gasteiger partial charge in [0, 0.05) is 35.4 Å². The largest absolute Gasteiger partial charge is 0.357 e. The SMILES string of the molecule is Cc1nc2ncc(-c3cn(C)c(=O)c4[nH]ccc34)nc2n1Cc1cccc(Cl)c1. The van der Waals surface area contributed by atoms with Crippen molar-refractivity contribution in [1.82, 2.24) is 29.1 Å². The molecule has 0 amide bonds. The second kappa shape index (κ2) is 6.56. The standard InChI is InChI=1S/C21H17ClN6O/c1-12-25-19-20(28(12)10-13-4-3-5-14(22)8-13)26-17(9-24-19)16-11-27(2)21(29)18-15(16)6-7-23-18/h3-9,11,23H,10H2,1-2H3. The fourth-order valence-electron chi connectivity index (χ4n) is 3.61. The minimum absolute atomic E-state index is 0.0790. The summed E-state index contributed by atoms with van der Waals surface area (Å²) in [4.78, 5) is 29.3. The first-order valence-corrected chi connectivity index (χ1v) is 9.50. The summed E-state index contributed by atoms with van der Waals surface area (Å²) in [6, 6.07) is 9.61. The van der Waals surface area contributed by atoms with Crippen LogP contribution in [-0.2, 0) is 13.6 Å². The van der Waals surface area contributed by atoms with Gasteiger partial charge in [-0.05, 0) is 30.7 Å². The van der Waals surface area contributed by atoms with Crippen LogP contribution in [-0.4, -0.2) is 29.1 Å². The zero-order valence-corrected chi connectivity index (χ0v) is 16.6. The first-order valence-electron chi connectivity index (χ1n) is 9.12. The molecule has 0 unspecified atom stereocenters. The molecule has 1 aromatic carbocycles. The van der Waals surface area contributed by atoms with E-state index in [4.69, 9.17) is 16.6 Å². The molecule has 1 N–H and O–H groups in total. The van der Waals surface area contributed by atoms with Gasteiger partial charge in [-0.2, -0.15) is 0 Å². The molecule has 0 aliphatic heterocycles. The average Bonchev–Trinajstić information content (AvgIpc) is 3.30. The van der Waals surface area contributed by atoms with Crippen LogP contribution in [0.4, 0.5) is 0 Å². The number of hydrogen-bond acceptors (Lipinski definition) is 4. The molecule has 5 rings (SSSR count). The minimum Gasteiger partial charge on any atom is -0.357 e. The zero-order chi connectivity index (χ0) is 20.1. The monoisotopic (exact) mass is 404 g/mol. The van der Waals surface area contributed by atoms with Gasteiger partial charge in [0.15, 0.2) is 11.3 Å². The van der Waals surface area contributed by atoms with Crippen molar-refractivity contribution in [2.75, 3.05) is 0 Å². The lowest BCUT2D eigenvalue weighted by Gasteiger charge is -2.09. The number of H-pyrrole nitrogens is 1. The van der Waals surface area contributed by atoms with E-state index in [0.29, 0.717) is 34.1 Å². The van der Waals surface area contributed by atoms with Gasteiger partial charge < -0.3 is 14.1 Å². The zero-order valence-electron chi connectivity index (χ0n) is 15.8. The van der Waals surface area contributed by atoms with Crippen LogP contribution in [0.2, 0.25) is 5.02 Å². The molecule has 0 radical (unpaired) electrons. The molecule has 7 nitrogen and oxygen atoms in total. The Morgan fingerprint density at radius 1 is 1.21 bits per heavy atom. The lowest BCUT2D eigenvalue weighted by Crippen LogP contribution is -2.16. The summed E-state index contributed by atoms with van der Waals surface area (Å²) >= 11 is 6.14. The molecule has 5 aromatic rings. The van der Waals surface area contributed by atoms with Gasteiger partial charge in [0.2, 0.25) is 0 Å². The highest BCUT2D eigenvalue weighted by Gasteiger charge is 2.15. The highest BCUT2D eigenvalue weighted by atomic mass is 35.5. The van der Waals surface area contributed by atoms with Crippen molar-refractivity contribution < 1.29 is 0 Å². The molecule has 4 heterocycles. The van der Waals surface area contributed by atoms with Crippen LogP contribution in [0.3, 0.4) is 0 Å². The molecule has 144 valence electrons. The number of halogens is 1. The van der Waals surface area contributed by atoms with Gasteiger partial charge in [-0.15, -0.1) is 0 Å². The van der Waals surface area contributed by atoms with E-state index in [1.165, 1.54) is 0 Å². The van der Waals surface area contributed by atoms with E-state index in [1.54, 1.807) is 30.2 Å². The third-order valence-corrected chi connectivity index (χ3v) is 5.28. The predicted molar refractivity (Wildman–Crippen MR) is 113 cm³/mol. The lowest BCUT2D eigenvalue weighted by atomic mass is 10.1. The number of nitrogens with zero attached hydrogens (tertiary/aromatic N) is 5. The minimum atomic E-state index is -0.0790. The molecule has 0 aliphatic carbocycles. The maximum atomic E-state index is 12.3. The van der Waals surface area contributed by atoms with Gasteiger partial charge in [0.25, 0.3) is 5.56 Å². The van der Waals surface area contributed by atoms with Crippen molar-refractivity contribution in [3.8, 4) is 11.3 Å². The van der Waals surface area contributed by atoms with Crippen molar-refractivity contribution in [1.29, 1.82) is 0 Å². The topological polar surface area (TPSA) is 81.4 Å². The molecule has 0 bridgehead atoms. The van der Waals surface area contributed by atoms with E-state index < -0.39 is 0 Å². The maximum absolute atomic E-state index is 12.3. The first-order chi connectivity index (χ1) is 14.0. The molecule has 0 spiro atoms. The van der Waals surface area contributed by atoms with E-state index >= 15 is 0 Å². The second-order valence-corrected chi connectivity index (χ2v) is 7.44. The quantitative estimate of drug-likeness (QED) is 0.497. The molecule has 4 aromatic heterocycles. The summed E-state index contributed by atoms with van der Waals surface area (Å²) in [5, 5.41) is 1.51. The summed E-state index contributed by atoms with van der Waals surface area (Å²) in [5.74, 6) is 0.823. The van der Waals surface area contributed by atoms with Crippen LogP contribution >= 0.6 is 11.6 Å². The van der Waals surface area contributed by atoms with Crippen molar-refractivity contribution >= 4 is 33.8 Å². The smallest absolute Gasteiger partial charge is 0.274 e. The number of pyridine rings is 1. The Hall–Kier alpha value is -3.45. The number of aromatic amines is 1.